The Labute approximate surface area is 199 Å². The smallest absolute Gasteiger partial charge is 0.339 e. The Kier molecular flexibility index (Phi) is 5.87. The molecule has 2 aliphatic carbocycles. The normalized spacial score (nSPS) is 24.5. The minimum atomic E-state index is -3.76. The minimum Gasteiger partial charge on any atom is -0.507 e. The van der Waals surface area contributed by atoms with Crippen LogP contribution in [0.4, 0.5) is 5.69 Å². The first kappa shape index (κ1) is 22.2. The van der Waals surface area contributed by atoms with E-state index in [0.717, 1.165) is 18.4 Å². The number of ether oxygens (including phenoxy) is 1. The molecule has 34 heavy (non-hydrogen) atoms. The third kappa shape index (κ3) is 4.43. The van der Waals surface area contributed by atoms with Gasteiger partial charge in [0.25, 0.3) is 10.0 Å². The molecule has 1 heterocycles. The zero-order valence-electron chi connectivity index (χ0n) is 18.4. The summed E-state index contributed by atoms with van der Waals surface area (Å²) >= 11 is 0. The van der Waals surface area contributed by atoms with Crippen molar-refractivity contribution in [2.45, 2.75) is 36.2 Å². The lowest BCUT2D eigenvalue weighted by molar-refractivity contribution is -0.144. The molecule has 1 fully saturated rings. The third-order valence-corrected chi connectivity index (χ3v) is 7.68. The number of carbonyl (C=O) groups is 1. The highest BCUT2D eigenvalue weighted by Gasteiger charge is 2.43. The van der Waals surface area contributed by atoms with Crippen molar-refractivity contribution in [2.24, 2.45) is 5.92 Å². The fraction of sp³-hybridized carbons (Fsp3) is 0.222. The molecule has 0 bridgehead atoms. The van der Waals surface area contributed by atoms with Gasteiger partial charge < -0.3 is 9.84 Å². The van der Waals surface area contributed by atoms with E-state index in [9.17, 15) is 18.3 Å². The van der Waals surface area contributed by atoms with Gasteiger partial charge in [0.05, 0.1) is 10.5 Å². The highest BCUT2D eigenvalue weighted by molar-refractivity contribution is 7.92. The lowest BCUT2D eigenvalue weighted by Crippen LogP contribution is -2.32. The molecule has 0 radical (unpaired) electrons. The number of aliphatic hydroxyl groups excluding tert-OH is 1. The second-order valence-electron chi connectivity index (χ2n) is 8.69. The van der Waals surface area contributed by atoms with Crippen LogP contribution in [0.5, 0.6) is 0 Å². The number of hydrogen-bond acceptors (Lipinski definition) is 5. The Balaban J connectivity index is 1.52. The van der Waals surface area contributed by atoms with Gasteiger partial charge in [-0.1, -0.05) is 60.7 Å². The molecule has 2 N–H and O–H groups in total. The van der Waals surface area contributed by atoms with Crippen LogP contribution in [0.3, 0.4) is 0 Å². The van der Waals surface area contributed by atoms with Crippen LogP contribution in [0.15, 0.2) is 107 Å². The van der Waals surface area contributed by atoms with E-state index in [1.54, 1.807) is 42.5 Å². The summed E-state index contributed by atoms with van der Waals surface area (Å²) in [5.74, 6) is -0.773. The zero-order chi connectivity index (χ0) is 23.7. The number of aliphatic hydroxyl groups is 1. The number of nitrogens with one attached hydrogen (secondary N) is 1. The number of carbonyl (C=O) groups excluding carboxylic acids is 1. The molecular formula is C27H25NO5S. The number of sulfonamides is 1. The van der Waals surface area contributed by atoms with Crippen molar-refractivity contribution in [1.82, 2.24) is 0 Å². The van der Waals surface area contributed by atoms with E-state index in [1.807, 2.05) is 30.4 Å². The molecule has 5 rings (SSSR count). The number of hydrogen-bond donors (Lipinski definition) is 2. The molecular weight excluding hydrogens is 450 g/mol. The topological polar surface area (TPSA) is 92.7 Å². The molecule has 2 aromatic carbocycles. The van der Waals surface area contributed by atoms with E-state index in [4.69, 9.17) is 4.74 Å². The highest BCUT2D eigenvalue weighted by Crippen LogP contribution is 2.50. The molecule has 1 unspecified atom stereocenters. The summed E-state index contributed by atoms with van der Waals surface area (Å²) in [7, 11) is -3.76. The van der Waals surface area contributed by atoms with Crippen LogP contribution < -0.4 is 4.72 Å². The summed E-state index contributed by atoms with van der Waals surface area (Å²) in [5, 5.41) is 11.2. The largest absolute Gasteiger partial charge is 0.507 e. The van der Waals surface area contributed by atoms with Crippen molar-refractivity contribution in [1.29, 1.82) is 0 Å². The number of anilines is 1. The maximum atomic E-state index is 13.1. The second-order valence-corrected chi connectivity index (χ2v) is 10.4. The molecule has 0 saturated heterocycles. The van der Waals surface area contributed by atoms with Gasteiger partial charge in [-0.15, -0.1) is 0 Å². The monoisotopic (exact) mass is 475 g/mol. The van der Waals surface area contributed by atoms with Gasteiger partial charge in [-0.25, -0.2) is 13.2 Å². The van der Waals surface area contributed by atoms with Crippen molar-refractivity contribution < 1.29 is 23.1 Å². The van der Waals surface area contributed by atoms with Crippen molar-refractivity contribution in [2.75, 3.05) is 4.72 Å². The van der Waals surface area contributed by atoms with E-state index < -0.39 is 22.1 Å². The predicted octanol–water partition coefficient (Wildman–Crippen LogP) is 5.16. The van der Waals surface area contributed by atoms with Gasteiger partial charge in [-0.2, -0.15) is 0 Å². The van der Waals surface area contributed by atoms with Crippen molar-refractivity contribution in [3.8, 4) is 0 Å². The molecule has 7 heteroatoms. The average Bonchev–Trinajstić information content (AvgIpc) is 3.63. The van der Waals surface area contributed by atoms with Crippen LogP contribution >= 0.6 is 0 Å². The first-order valence-electron chi connectivity index (χ1n) is 11.3. The molecule has 1 aliphatic heterocycles. The molecule has 174 valence electrons. The Hall–Kier alpha value is -3.58. The SMILES string of the molecule is O=C1OC2C\C=C/C=C\C=C/2C(O)=C1[C@H](c1cccc(NS(=O)(=O)c2ccccc2)c1)C1CC1. The summed E-state index contributed by atoms with van der Waals surface area (Å²) in [6, 6.07) is 15.2. The van der Waals surface area contributed by atoms with E-state index in [-0.39, 0.29) is 28.1 Å². The van der Waals surface area contributed by atoms with Crippen molar-refractivity contribution >= 4 is 21.7 Å². The van der Waals surface area contributed by atoms with Crippen LogP contribution in [0.2, 0.25) is 0 Å². The lowest BCUT2D eigenvalue weighted by Gasteiger charge is -2.30. The average molecular weight is 476 g/mol. The zero-order valence-corrected chi connectivity index (χ0v) is 19.2. The van der Waals surface area contributed by atoms with Crippen molar-refractivity contribution in [3.63, 3.8) is 0 Å². The molecule has 3 aliphatic rings. The molecule has 0 aromatic heterocycles. The minimum absolute atomic E-state index is 0.0339. The fourth-order valence-corrected chi connectivity index (χ4v) is 5.58. The van der Waals surface area contributed by atoms with Crippen LogP contribution in [0.25, 0.3) is 0 Å². The lowest BCUT2D eigenvalue weighted by atomic mass is 9.82. The maximum Gasteiger partial charge on any atom is 0.339 e. The van der Waals surface area contributed by atoms with Gasteiger partial charge in [0.2, 0.25) is 0 Å². The highest BCUT2D eigenvalue weighted by atomic mass is 32.2. The quantitative estimate of drug-likeness (QED) is 0.563. The van der Waals surface area contributed by atoms with Crippen LogP contribution in [-0.4, -0.2) is 25.6 Å². The number of esters is 1. The summed E-state index contributed by atoms with van der Waals surface area (Å²) in [6.45, 7) is 0. The van der Waals surface area contributed by atoms with Gasteiger partial charge in [0.15, 0.2) is 0 Å². The number of rotatable bonds is 6. The Morgan fingerprint density at radius 3 is 2.56 bits per heavy atom. The van der Waals surface area contributed by atoms with Gasteiger partial charge >= 0.3 is 5.97 Å². The van der Waals surface area contributed by atoms with Gasteiger partial charge in [-0.05, 0) is 48.6 Å². The van der Waals surface area contributed by atoms with E-state index in [2.05, 4.69) is 4.72 Å². The molecule has 2 atom stereocenters. The first-order chi connectivity index (χ1) is 16.4. The summed E-state index contributed by atoms with van der Waals surface area (Å²) in [5.41, 5.74) is 1.98. The summed E-state index contributed by atoms with van der Waals surface area (Å²) in [4.78, 5) is 13.2. The summed E-state index contributed by atoms with van der Waals surface area (Å²) < 4.78 is 34.0. The van der Waals surface area contributed by atoms with E-state index >= 15 is 0 Å². The number of fused-ring (bicyclic) bond motifs is 1. The van der Waals surface area contributed by atoms with Crippen molar-refractivity contribution in [3.05, 3.63) is 107 Å². The molecule has 2 aromatic rings. The standard InChI is InChI=1S/C27H25NO5S/c29-26-22-13-6-1-2-7-14-23(22)33-27(30)25(26)24(18-15-16-18)19-9-8-10-20(17-19)28-34(31,32)21-11-4-3-5-12-21/h1-13,17-18,23-24,28-29H,14-16H2/b6-1-,7-2-,22-13+/t23?,24-/m0/s1. The van der Waals surface area contributed by atoms with Crippen LogP contribution in [-0.2, 0) is 19.6 Å². The van der Waals surface area contributed by atoms with Gasteiger partial charge in [0.1, 0.15) is 11.9 Å². The Morgan fingerprint density at radius 1 is 1.00 bits per heavy atom. The fourth-order valence-electron chi connectivity index (χ4n) is 4.51. The van der Waals surface area contributed by atoms with Crippen LogP contribution in [0.1, 0.15) is 30.7 Å². The summed E-state index contributed by atoms with van der Waals surface area (Å²) in [6.07, 6.45) is 11.0. The second kappa shape index (κ2) is 8.99. The molecule has 1 saturated carbocycles. The Morgan fingerprint density at radius 2 is 1.79 bits per heavy atom. The number of allylic oxidation sites excluding steroid dienone is 4. The molecule has 6 nitrogen and oxygen atoms in total. The van der Waals surface area contributed by atoms with Gasteiger partial charge in [0, 0.05) is 23.6 Å². The third-order valence-electron chi connectivity index (χ3n) is 6.28. The molecule has 0 spiro atoms. The molecule has 0 amide bonds. The maximum absolute atomic E-state index is 13.1. The Bertz CT molecular complexity index is 1330. The van der Waals surface area contributed by atoms with E-state index in [1.165, 1.54) is 12.1 Å². The van der Waals surface area contributed by atoms with Gasteiger partial charge in [-0.3, -0.25) is 4.72 Å². The first-order valence-corrected chi connectivity index (χ1v) is 12.8. The van der Waals surface area contributed by atoms with E-state index in [0.29, 0.717) is 17.7 Å². The number of benzene rings is 2. The van der Waals surface area contributed by atoms with Crippen LogP contribution in [0, 0.1) is 5.92 Å². The predicted molar refractivity (Wildman–Crippen MR) is 130 cm³/mol.